The van der Waals surface area contributed by atoms with Gasteiger partial charge in [-0.05, 0) is 12.1 Å². The summed E-state index contributed by atoms with van der Waals surface area (Å²) in [7, 11) is 0. The Hall–Kier alpha value is -2.05. The Kier molecular flexibility index (Phi) is 2.33. The second-order valence-electron chi connectivity index (χ2n) is 5.10. The molecule has 2 saturated heterocycles. The molecule has 4 rings (SSSR count). The molecule has 2 amide bonds. The zero-order valence-corrected chi connectivity index (χ0v) is 10.4. The Morgan fingerprint density at radius 1 is 1.05 bits per heavy atom. The van der Waals surface area contributed by atoms with Crippen molar-refractivity contribution >= 4 is 17.6 Å². The highest BCUT2D eigenvalue weighted by molar-refractivity contribution is 6.21. The fraction of sp³-hybridized carbons (Fsp3) is 0.357. The average Bonchev–Trinajstić information content (AvgIpc) is 2.99. The van der Waals surface area contributed by atoms with Gasteiger partial charge >= 0.3 is 0 Å². The van der Waals surface area contributed by atoms with E-state index in [-0.39, 0.29) is 30.6 Å². The van der Waals surface area contributed by atoms with Gasteiger partial charge in [0.2, 0.25) is 6.29 Å². The fourth-order valence-electron chi connectivity index (χ4n) is 2.99. The number of ketones is 1. The highest BCUT2D eigenvalue weighted by atomic mass is 16.7. The standard InChI is InChI=1S/C14H11NO5/c16-10-5-9(11-6-19-14(10)20-11)15-12(17)7-3-1-2-4-8(7)13(15)18/h1-4,9,11,14H,5-6H2/t9-,11-,14+/m0/s1. The van der Waals surface area contributed by atoms with E-state index in [4.69, 9.17) is 9.47 Å². The molecule has 1 aromatic carbocycles. The number of hydrogen-bond acceptors (Lipinski definition) is 5. The van der Waals surface area contributed by atoms with Gasteiger partial charge in [-0.25, -0.2) is 0 Å². The summed E-state index contributed by atoms with van der Waals surface area (Å²) in [4.78, 5) is 37.7. The first-order valence-electron chi connectivity index (χ1n) is 6.43. The van der Waals surface area contributed by atoms with Crippen LogP contribution in [-0.2, 0) is 14.3 Å². The van der Waals surface area contributed by atoms with Crippen LogP contribution in [0.5, 0.6) is 0 Å². The lowest BCUT2D eigenvalue weighted by Crippen LogP contribution is -2.52. The predicted molar refractivity (Wildman–Crippen MR) is 65.0 cm³/mol. The highest BCUT2D eigenvalue weighted by Crippen LogP contribution is 2.33. The predicted octanol–water partition coefficient (Wildman–Crippen LogP) is 0.366. The summed E-state index contributed by atoms with van der Waals surface area (Å²) in [5, 5.41) is 0. The van der Waals surface area contributed by atoms with E-state index in [0.717, 1.165) is 4.90 Å². The van der Waals surface area contributed by atoms with Gasteiger partial charge in [-0.3, -0.25) is 19.3 Å². The minimum absolute atomic E-state index is 0.0980. The van der Waals surface area contributed by atoms with Crippen LogP contribution in [0.1, 0.15) is 27.1 Å². The maximum Gasteiger partial charge on any atom is 0.261 e. The first-order chi connectivity index (χ1) is 9.66. The van der Waals surface area contributed by atoms with Crippen LogP contribution in [0, 0.1) is 0 Å². The third-order valence-electron chi connectivity index (χ3n) is 3.97. The fourth-order valence-corrected chi connectivity index (χ4v) is 2.99. The van der Waals surface area contributed by atoms with Gasteiger partial charge in [-0.1, -0.05) is 12.1 Å². The molecular weight excluding hydrogens is 262 g/mol. The van der Waals surface area contributed by atoms with Gasteiger partial charge in [0.15, 0.2) is 5.78 Å². The first-order valence-corrected chi connectivity index (χ1v) is 6.43. The van der Waals surface area contributed by atoms with Crippen LogP contribution in [0.4, 0.5) is 0 Å². The Morgan fingerprint density at radius 2 is 1.70 bits per heavy atom. The number of imide groups is 1. The number of hydrogen-bond donors (Lipinski definition) is 0. The molecule has 1 aromatic rings. The van der Waals surface area contributed by atoms with Crippen molar-refractivity contribution in [2.45, 2.75) is 24.9 Å². The van der Waals surface area contributed by atoms with Gasteiger partial charge < -0.3 is 9.47 Å². The van der Waals surface area contributed by atoms with Crippen molar-refractivity contribution in [3.63, 3.8) is 0 Å². The lowest BCUT2D eigenvalue weighted by atomic mass is 10.0. The second kappa shape index (κ2) is 3.97. The van der Waals surface area contributed by atoms with Crippen LogP contribution in [-0.4, -0.2) is 47.5 Å². The van der Waals surface area contributed by atoms with Gasteiger partial charge in [0.05, 0.1) is 23.8 Å². The van der Waals surface area contributed by atoms with E-state index in [9.17, 15) is 14.4 Å². The van der Waals surface area contributed by atoms with Crippen molar-refractivity contribution in [3.05, 3.63) is 35.4 Å². The van der Waals surface area contributed by atoms with E-state index in [0.29, 0.717) is 11.1 Å². The maximum atomic E-state index is 12.4. The van der Waals surface area contributed by atoms with Crippen molar-refractivity contribution in [3.8, 4) is 0 Å². The number of nitrogens with zero attached hydrogens (tertiary/aromatic N) is 1. The molecule has 6 nitrogen and oxygen atoms in total. The van der Waals surface area contributed by atoms with Crippen LogP contribution in [0.15, 0.2) is 24.3 Å². The summed E-state index contributed by atoms with van der Waals surface area (Å²) in [6.45, 7) is 0.231. The molecule has 0 unspecified atom stereocenters. The SMILES string of the molecule is O=C1C[C@H](N2C(=O)c3ccccc3C2=O)[C@@H]2CO[C@@H]1O2. The van der Waals surface area contributed by atoms with E-state index in [2.05, 4.69) is 0 Å². The molecule has 3 aliphatic heterocycles. The lowest BCUT2D eigenvalue weighted by Gasteiger charge is -2.32. The van der Waals surface area contributed by atoms with Crippen molar-refractivity contribution in [1.29, 1.82) is 0 Å². The van der Waals surface area contributed by atoms with Crippen LogP contribution in [0.2, 0.25) is 0 Å². The molecule has 2 fully saturated rings. The van der Waals surface area contributed by atoms with E-state index >= 15 is 0 Å². The summed E-state index contributed by atoms with van der Waals surface area (Å²) < 4.78 is 10.6. The number of ether oxygens (including phenoxy) is 2. The third kappa shape index (κ3) is 1.43. The van der Waals surface area contributed by atoms with Crippen molar-refractivity contribution in [2.75, 3.05) is 6.61 Å². The van der Waals surface area contributed by atoms with Crippen LogP contribution in [0.25, 0.3) is 0 Å². The summed E-state index contributed by atoms with van der Waals surface area (Å²) >= 11 is 0. The zero-order valence-electron chi connectivity index (χ0n) is 10.4. The quantitative estimate of drug-likeness (QED) is 0.691. The topological polar surface area (TPSA) is 72.9 Å². The molecule has 0 N–H and O–H groups in total. The van der Waals surface area contributed by atoms with Gasteiger partial charge in [-0.15, -0.1) is 0 Å². The third-order valence-corrected chi connectivity index (χ3v) is 3.97. The lowest BCUT2D eigenvalue weighted by molar-refractivity contribution is -0.156. The Morgan fingerprint density at radius 3 is 2.35 bits per heavy atom. The van der Waals surface area contributed by atoms with E-state index in [1.165, 1.54) is 0 Å². The van der Waals surface area contributed by atoms with Gasteiger partial charge in [-0.2, -0.15) is 0 Å². The van der Waals surface area contributed by atoms with Gasteiger partial charge in [0.1, 0.15) is 6.10 Å². The molecular formula is C14H11NO5. The normalized spacial score (nSPS) is 31.9. The van der Waals surface area contributed by atoms with Crippen LogP contribution >= 0.6 is 0 Å². The molecule has 3 atom stereocenters. The Bertz CT molecular complexity index is 605. The summed E-state index contributed by atoms with van der Waals surface area (Å²) in [5.74, 6) is -0.949. The van der Waals surface area contributed by atoms with E-state index in [1.54, 1.807) is 24.3 Å². The van der Waals surface area contributed by atoms with Crippen LogP contribution < -0.4 is 0 Å². The molecule has 6 heteroatoms. The molecule has 20 heavy (non-hydrogen) atoms. The molecule has 2 bridgehead atoms. The van der Waals surface area contributed by atoms with E-state index in [1.807, 2.05) is 0 Å². The van der Waals surface area contributed by atoms with Crippen molar-refractivity contribution < 1.29 is 23.9 Å². The largest absolute Gasteiger partial charge is 0.343 e. The second-order valence-corrected chi connectivity index (χ2v) is 5.10. The maximum absolute atomic E-state index is 12.4. The Labute approximate surface area is 114 Å². The minimum atomic E-state index is -0.827. The smallest absolute Gasteiger partial charge is 0.261 e. The number of rotatable bonds is 1. The molecule has 0 saturated carbocycles. The van der Waals surface area contributed by atoms with Crippen molar-refractivity contribution in [2.24, 2.45) is 0 Å². The van der Waals surface area contributed by atoms with E-state index < -0.39 is 18.4 Å². The zero-order chi connectivity index (χ0) is 13.9. The monoisotopic (exact) mass is 273 g/mol. The number of carbonyl (C=O) groups excluding carboxylic acids is 3. The molecule has 3 heterocycles. The average molecular weight is 273 g/mol. The molecule has 102 valence electrons. The molecule has 0 radical (unpaired) electrons. The molecule has 0 spiro atoms. The molecule has 0 aromatic heterocycles. The number of carbonyl (C=O) groups is 3. The van der Waals surface area contributed by atoms with Gasteiger partial charge in [0.25, 0.3) is 11.8 Å². The first kappa shape index (κ1) is 11.7. The van der Waals surface area contributed by atoms with Gasteiger partial charge in [0, 0.05) is 6.42 Å². The summed E-state index contributed by atoms with van der Waals surface area (Å²) in [5.41, 5.74) is 0.761. The van der Waals surface area contributed by atoms with Crippen molar-refractivity contribution in [1.82, 2.24) is 4.90 Å². The summed E-state index contributed by atoms with van der Waals surface area (Å²) in [6.07, 6.45) is -1.15. The molecule has 0 aliphatic carbocycles. The van der Waals surface area contributed by atoms with Crippen LogP contribution in [0.3, 0.4) is 0 Å². The summed E-state index contributed by atoms with van der Waals surface area (Å²) in [6, 6.07) is 6.09. The Balaban J connectivity index is 1.72. The number of fused-ring (bicyclic) bond motifs is 3. The highest BCUT2D eigenvalue weighted by Gasteiger charge is 2.50. The number of amides is 2. The number of benzene rings is 1. The number of Topliss-reactive ketones (excluding diaryl/α,β-unsaturated/α-hetero) is 1. The molecule has 3 aliphatic rings. The minimum Gasteiger partial charge on any atom is -0.343 e.